The van der Waals surface area contributed by atoms with Crippen molar-refractivity contribution in [2.75, 3.05) is 13.1 Å². The molecule has 1 aromatic heterocycles. The van der Waals surface area contributed by atoms with E-state index >= 15 is 0 Å². The van der Waals surface area contributed by atoms with Crippen molar-refractivity contribution in [3.63, 3.8) is 0 Å². The summed E-state index contributed by atoms with van der Waals surface area (Å²) in [4.78, 5) is 26.3. The summed E-state index contributed by atoms with van der Waals surface area (Å²) in [7, 11) is 0. The Morgan fingerprint density at radius 1 is 0.963 bits per heavy atom. The van der Waals surface area contributed by atoms with Gasteiger partial charge in [0, 0.05) is 30.6 Å². The van der Waals surface area contributed by atoms with E-state index in [2.05, 4.69) is 17.2 Å². The van der Waals surface area contributed by atoms with Crippen LogP contribution in [0.1, 0.15) is 16.1 Å². The van der Waals surface area contributed by atoms with Gasteiger partial charge in [-0.1, -0.05) is 42.5 Å². The van der Waals surface area contributed by atoms with E-state index in [9.17, 15) is 9.59 Å². The van der Waals surface area contributed by atoms with Crippen LogP contribution in [0.4, 0.5) is 0 Å². The average molecular weight is 359 g/mol. The van der Waals surface area contributed by atoms with Crippen molar-refractivity contribution < 1.29 is 4.79 Å². The highest BCUT2D eigenvalue weighted by Gasteiger charge is 2.31. The lowest BCUT2D eigenvalue weighted by atomic mass is 9.98. The fraction of sp³-hybridized carbons (Fsp3) is 0.227. The molecule has 136 valence electrons. The first-order valence-corrected chi connectivity index (χ1v) is 9.10. The predicted molar refractivity (Wildman–Crippen MR) is 105 cm³/mol. The third-order valence-corrected chi connectivity index (χ3v) is 4.91. The summed E-state index contributed by atoms with van der Waals surface area (Å²) >= 11 is 0. The quantitative estimate of drug-likeness (QED) is 0.720. The lowest BCUT2D eigenvalue weighted by molar-refractivity contribution is 0.0458. The SMILES string of the molecule is Cc1ccc(=O)n(CC2CN(C(=O)c3ccc(-c4ccccc4)cc3)C2)n1. The number of aryl methyl sites for hydroxylation is 1. The zero-order valence-electron chi connectivity index (χ0n) is 15.2. The van der Waals surface area contributed by atoms with Crippen LogP contribution in [0.15, 0.2) is 71.5 Å². The number of likely N-dealkylation sites (tertiary alicyclic amines) is 1. The molecule has 0 unspecified atom stereocenters. The predicted octanol–water partition coefficient (Wildman–Crippen LogP) is 2.99. The molecule has 2 aromatic carbocycles. The molecule has 0 N–H and O–H groups in total. The van der Waals surface area contributed by atoms with Gasteiger partial charge in [-0.15, -0.1) is 0 Å². The number of hydrogen-bond donors (Lipinski definition) is 0. The van der Waals surface area contributed by atoms with Gasteiger partial charge in [0.1, 0.15) is 0 Å². The Hall–Kier alpha value is -3.21. The van der Waals surface area contributed by atoms with Gasteiger partial charge in [-0.25, -0.2) is 4.68 Å². The average Bonchev–Trinajstić information content (AvgIpc) is 2.67. The molecule has 1 aliphatic heterocycles. The first-order chi connectivity index (χ1) is 13.1. The zero-order valence-corrected chi connectivity index (χ0v) is 15.2. The summed E-state index contributed by atoms with van der Waals surface area (Å²) in [6.07, 6.45) is 0. The van der Waals surface area contributed by atoms with Crippen LogP contribution in [0.5, 0.6) is 0 Å². The minimum atomic E-state index is -0.0955. The number of hydrogen-bond acceptors (Lipinski definition) is 3. The van der Waals surface area contributed by atoms with E-state index in [1.54, 1.807) is 6.07 Å². The number of amides is 1. The number of carbonyl (C=O) groups excluding carboxylic acids is 1. The molecule has 0 bridgehead atoms. The van der Waals surface area contributed by atoms with Crippen LogP contribution in [-0.2, 0) is 6.54 Å². The highest BCUT2D eigenvalue weighted by Crippen LogP contribution is 2.23. The normalized spacial score (nSPS) is 14.0. The molecule has 5 nitrogen and oxygen atoms in total. The Bertz CT molecular complexity index is 1000. The molecule has 0 spiro atoms. The number of benzene rings is 2. The Morgan fingerprint density at radius 3 is 2.33 bits per heavy atom. The second-order valence-corrected chi connectivity index (χ2v) is 7.01. The Balaban J connectivity index is 1.37. The van der Waals surface area contributed by atoms with Crippen molar-refractivity contribution in [3.05, 3.63) is 88.3 Å². The van der Waals surface area contributed by atoms with Gasteiger partial charge in [-0.05, 0) is 36.2 Å². The van der Waals surface area contributed by atoms with Gasteiger partial charge >= 0.3 is 0 Å². The molecular weight excluding hydrogens is 338 g/mol. The molecule has 27 heavy (non-hydrogen) atoms. The fourth-order valence-electron chi connectivity index (χ4n) is 3.40. The first-order valence-electron chi connectivity index (χ1n) is 9.10. The van der Waals surface area contributed by atoms with E-state index in [-0.39, 0.29) is 17.4 Å². The molecule has 1 amide bonds. The first kappa shape index (κ1) is 17.2. The van der Waals surface area contributed by atoms with Crippen LogP contribution in [-0.4, -0.2) is 33.7 Å². The molecular formula is C22H21N3O2. The minimum Gasteiger partial charge on any atom is -0.338 e. The Kier molecular flexibility index (Phi) is 4.59. The van der Waals surface area contributed by atoms with Crippen LogP contribution in [0, 0.1) is 12.8 Å². The van der Waals surface area contributed by atoms with E-state index < -0.39 is 0 Å². The third-order valence-electron chi connectivity index (χ3n) is 4.91. The van der Waals surface area contributed by atoms with Gasteiger partial charge in [0.2, 0.25) is 0 Å². The highest BCUT2D eigenvalue weighted by atomic mass is 16.2. The second kappa shape index (κ2) is 7.19. The van der Waals surface area contributed by atoms with E-state index in [0.29, 0.717) is 25.2 Å². The van der Waals surface area contributed by atoms with Gasteiger partial charge in [-0.2, -0.15) is 5.10 Å². The van der Waals surface area contributed by atoms with Gasteiger partial charge in [-0.3, -0.25) is 9.59 Å². The minimum absolute atomic E-state index is 0.0374. The standard InChI is InChI=1S/C22H21N3O2/c1-16-7-12-21(26)25(23-16)15-17-13-24(14-17)22(27)20-10-8-19(9-11-20)18-5-3-2-4-6-18/h2-12,17H,13-15H2,1H3. The summed E-state index contributed by atoms with van der Waals surface area (Å²) in [5.41, 5.74) is 3.65. The van der Waals surface area contributed by atoms with Gasteiger partial charge in [0.05, 0.1) is 12.2 Å². The Labute approximate surface area is 157 Å². The van der Waals surface area contributed by atoms with E-state index in [1.807, 2.05) is 54.3 Å². The largest absolute Gasteiger partial charge is 0.338 e. The molecule has 1 aliphatic rings. The summed E-state index contributed by atoms with van der Waals surface area (Å²) in [6.45, 7) is 3.73. The van der Waals surface area contributed by atoms with E-state index in [4.69, 9.17) is 0 Å². The number of rotatable bonds is 4. The zero-order chi connectivity index (χ0) is 18.8. The van der Waals surface area contributed by atoms with Crippen molar-refractivity contribution in [2.45, 2.75) is 13.5 Å². The van der Waals surface area contributed by atoms with Crippen LogP contribution in [0.3, 0.4) is 0 Å². The summed E-state index contributed by atoms with van der Waals surface area (Å²) in [5, 5.41) is 4.26. The topological polar surface area (TPSA) is 55.2 Å². The number of nitrogens with zero attached hydrogens (tertiary/aromatic N) is 3. The summed E-state index contributed by atoms with van der Waals surface area (Å²) in [5.74, 6) is 0.306. The maximum atomic E-state index is 12.6. The second-order valence-electron chi connectivity index (χ2n) is 7.01. The highest BCUT2D eigenvalue weighted by molar-refractivity contribution is 5.95. The van der Waals surface area contributed by atoms with Crippen molar-refractivity contribution in [1.82, 2.24) is 14.7 Å². The van der Waals surface area contributed by atoms with Crippen LogP contribution < -0.4 is 5.56 Å². The van der Waals surface area contributed by atoms with Crippen molar-refractivity contribution >= 4 is 5.91 Å². The van der Waals surface area contributed by atoms with Gasteiger partial charge < -0.3 is 4.90 Å². The van der Waals surface area contributed by atoms with Crippen molar-refractivity contribution in [2.24, 2.45) is 5.92 Å². The van der Waals surface area contributed by atoms with E-state index in [1.165, 1.54) is 10.7 Å². The summed E-state index contributed by atoms with van der Waals surface area (Å²) in [6, 6.07) is 21.1. The smallest absolute Gasteiger partial charge is 0.266 e. The van der Waals surface area contributed by atoms with Crippen molar-refractivity contribution in [3.8, 4) is 11.1 Å². The van der Waals surface area contributed by atoms with E-state index in [0.717, 1.165) is 16.8 Å². The van der Waals surface area contributed by atoms with Crippen LogP contribution in [0.25, 0.3) is 11.1 Å². The van der Waals surface area contributed by atoms with Crippen LogP contribution >= 0.6 is 0 Å². The molecule has 3 aromatic rings. The molecule has 1 saturated heterocycles. The number of aromatic nitrogens is 2. The third kappa shape index (κ3) is 3.67. The van der Waals surface area contributed by atoms with Crippen molar-refractivity contribution in [1.29, 1.82) is 0 Å². The van der Waals surface area contributed by atoms with Crippen LogP contribution in [0.2, 0.25) is 0 Å². The molecule has 0 radical (unpaired) electrons. The maximum absolute atomic E-state index is 12.6. The molecule has 0 atom stereocenters. The molecule has 5 heteroatoms. The molecule has 1 fully saturated rings. The molecule has 0 saturated carbocycles. The fourth-order valence-corrected chi connectivity index (χ4v) is 3.40. The maximum Gasteiger partial charge on any atom is 0.266 e. The lowest BCUT2D eigenvalue weighted by Gasteiger charge is -2.39. The summed E-state index contributed by atoms with van der Waals surface area (Å²) < 4.78 is 1.50. The van der Waals surface area contributed by atoms with Gasteiger partial charge in [0.15, 0.2) is 0 Å². The van der Waals surface area contributed by atoms with Gasteiger partial charge in [0.25, 0.3) is 11.5 Å². The Morgan fingerprint density at radius 2 is 1.63 bits per heavy atom. The molecule has 0 aliphatic carbocycles. The molecule has 2 heterocycles. The monoisotopic (exact) mass is 359 g/mol. The molecule has 4 rings (SSSR count). The number of carbonyl (C=O) groups is 1. The lowest BCUT2D eigenvalue weighted by Crippen LogP contribution is -2.52.